The lowest BCUT2D eigenvalue weighted by Gasteiger charge is -2.38. The topological polar surface area (TPSA) is 85.2 Å². The number of benzene rings is 2. The standard InChI is InChI=1S/C33H44N4O3/c1-6-9-21-40-29(38)20-17-24-15-18-26(19-16-24)33(7-2,8-3)36-31(39)27-23-34-37-30(27)35-28(22-32(37,4)5)25-13-11-10-12-14-25/h10-16,18-19,23,28,35H,6-9,17,20-22H2,1-5H3,(H,36,39). The van der Waals surface area contributed by atoms with Gasteiger partial charge in [-0.2, -0.15) is 5.10 Å². The molecule has 1 atom stereocenters. The molecule has 0 aliphatic carbocycles. The van der Waals surface area contributed by atoms with E-state index in [1.165, 1.54) is 5.56 Å². The third-order valence-electron chi connectivity index (χ3n) is 8.25. The number of unbranched alkanes of at least 4 members (excludes halogenated alkanes) is 1. The van der Waals surface area contributed by atoms with Crippen molar-refractivity contribution in [1.29, 1.82) is 0 Å². The minimum atomic E-state index is -0.521. The normalized spacial score (nSPS) is 16.1. The van der Waals surface area contributed by atoms with Gasteiger partial charge in [-0.25, -0.2) is 4.68 Å². The summed E-state index contributed by atoms with van der Waals surface area (Å²) in [5, 5.41) is 11.6. The van der Waals surface area contributed by atoms with E-state index in [9.17, 15) is 9.59 Å². The summed E-state index contributed by atoms with van der Waals surface area (Å²) in [6.45, 7) is 11.1. The van der Waals surface area contributed by atoms with E-state index in [-0.39, 0.29) is 23.5 Å². The number of esters is 1. The van der Waals surface area contributed by atoms with E-state index in [0.717, 1.165) is 49.0 Å². The van der Waals surface area contributed by atoms with Crippen LogP contribution in [0.1, 0.15) is 106 Å². The molecule has 7 heteroatoms. The van der Waals surface area contributed by atoms with Gasteiger partial charge in [0.1, 0.15) is 11.4 Å². The van der Waals surface area contributed by atoms with Crippen molar-refractivity contribution in [1.82, 2.24) is 15.1 Å². The first-order valence-electron chi connectivity index (χ1n) is 14.7. The Bertz CT molecular complexity index is 1280. The highest BCUT2D eigenvalue weighted by atomic mass is 16.5. The minimum absolute atomic E-state index is 0.0885. The molecule has 3 aromatic rings. The molecule has 4 rings (SSSR count). The van der Waals surface area contributed by atoms with Gasteiger partial charge in [0.25, 0.3) is 5.91 Å². The van der Waals surface area contributed by atoms with Crippen LogP contribution in [0.3, 0.4) is 0 Å². The largest absolute Gasteiger partial charge is 0.466 e. The number of ether oxygens (including phenoxy) is 1. The fourth-order valence-corrected chi connectivity index (χ4v) is 5.63. The number of hydrogen-bond donors (Lipinski definition) is 2. The predicted octanol–water partition coefficient (Wildman–Crippen LogP) is 6.90. The van der Waals surface area contributed by atoms with Crippen molar-refractivity contribution in [3.05, 3.63) is 83.0 Å². The van der Waals surface area contributed by atoms with Crippen molar-refractivity contribution in [3.8, 4) is 0 Å². The van der Waals surface area contributed by atoms with Crippen molar-refractivity contribution < 1.29 is 14.3 Å². The van der Waals surface area contributed by atoms with Crippen LogP contribution in [0.2, 0.25) is 0 Å². The summed E-state index contributed by atoms with van der Waals surface area (Å²) in [4.78, 5) is 25.8. The van der Waals surface area contributed by atoms with E-state index in [1.807, 2.05) is 22.9 Å². The number of rotatable bonds is 12. The van der Waals surface area contributed by atoms with Gasteiger partial charge in [-0.05, 0) is 62.6 Å². The Morgan fingerprint density at radius 3 is 2.42 bits per heavy atom. The van der Waals surface area contributed by atoms with Crippen LogP contribution in [0.25, 0.3) is 0 Å². The quantitative estimate of drug-likeness (QED) is 0.191. The number of nitrogens with zero attached hydrogens (tertiary/aromatic N) is 2. The summed E-state index contributed by atoms with van der Waals surface area (Å²) < 4.78 is 7.23. The second-order valence-electron chi connectivity index (χ2n) is 11.5. The first-order chi connectivity index (χ1) is 19.2. The fraction of sp³-hybridized carbons (Fsp3) is 0.485. The molecule has 1 unspecified atom stereocenters. The maximum absolute atomic E-state index is 13.8. The molecular formula is C33H44N4O3. The molecule has 1 aromatic heterocycles. The van der Waals surface area contributed by atoms with Gasteiger partial charge in [-0.15, -0.1) is 0 Å². The zero-order valence-electron chi connectivity index (χ0n) is 24.6. The Hall–Kier alpha value is -3.61. The zero-order valence-corrected chi connectivity index (χ0v) is 24.6. The molecular weight excluding hydrogens is 500 g/mol. The van der Waals surface area contributed by atoms with Crippen LogP contribution in [0.15, 0.2) is 60.8 Å². The molecule has 0 fully saturated rings. The average Bonchev–Trinajstić information content (AvgIpc) is 3.41. The van der Waals surface area contributed by atoms with Crippen molar-refractivity contribution in [2.75, 3.05) is 11.9 Å². The molecule has 1 amide bonds. The summed E-state index contributed by atoms with van der Waals surface area (Å²) in [6, 6.07) is 18.7. The third kappa shape index (κ3) is 6.40. The Balaban J connectivity index is 1.50. The second kappa shape index (κ2) is 12.7. The average molecular weight is 545 g/mol. The fourth-order valence-electron chi connectivity index (χ4n) is 5.63. The maximum atomic E-state index is 13.8. The molecule has 0 spiro atoms. The van der Waals surface area contributed by atoms with Crippen molar-refractivity contribution in [3.63, 3.8) is 0 Å². The lowest BCUT2D eigenvalue weighted by Crippen LogP contribution is -2.45. The van der Waals surface area contributed by atoms with E-state index < -0.39 is 5.54 Å². The Kier molecular flexibility index (Phi) is 9.33. The first kappa shape index (κ1) is 29.4. The lowest BCUT2D eigenvalue weighted by atomic mass is 9.83. The van der Waals surface area contributed by atoms with Crippen LogP contribution in [0.5, 0.6) is 0 Å². The van der Waals surface area contributed by atoms with Crippen LogP contribution in [-0.2, 0) is 27.0 Å². The molecule has 2 heterocycles. The number of nitrogens with one attached hydrogen (secondary N) is 2. The second-order valence-corrected chi connectivity index (χ2v) is 11.5. The van der Waals surface area contributed by atoms with Gasteiger partial charge in [0.05, 0.1) is 29.9 Å². The Morgan fingerprint density at radius 1 is 1.07 bits per heavy atom. The zero-order chi connectivity index (χ0) is 28.8. The number of anilines is 1. The van der Waals surface area contributed by atoms with Crippen LogP contribution in [0.4, 0.5) is 5.82 Å². The van der Waals surface area contributed by atoms with Gasteiger partial charge in [0.15, 0.2) is 0 Å². The Labute approximate surface area is 238 Å². The minimum Gasteiger partial charge on any atom is -0.466 e. The van der Waals surface area contributed by atoms with E-state index in [1.54, 1.807) is 6.20 Å². The molecule has 0 bridgehead atoms. The summed E-state index contributed by atoms with van der Waals surface area (Å²) in [7, 11) is 0. The molecule has 2 aromatic carbocycles. The van der Waals surface area contributed by atoms with Crippen molar-refractivity contribution >= 4 is 17.7 Å². The van der Waals surface area contributed by atoms with Gasteiger partial charge >= 0.3 is 5.97 Å². The highest BCUT2D eigenvalue weighted by molar-refractivity contribution is 5.99. The molecule has 0 radical (unpaired) electrons. The summed E-state index contributed by atoms with van der Waals surface area (Å²) in [6.07, 6.45) is 6.94. The molecule has 0 saturated carbocycles. The molecule has 1 aliphatic heterocycles. The number of carbonyl (C=O) groups excluding carboxylic acids is 2. The van der Waals surface area contributed by atoms with E-state index in [0.29, 0.717) is 25.0 Å². The highest BCUT2D eigenvalue weighted by Gasteiger charge is 2.38. The number of amides is 1. The Morgan fingerprint density at radius 2 is 1.77 bits per heavy atom. The van der Waals surface area contributed by atoms with Crippen LogP contribution >= 0.6 is 0 Å². The van der Waals surface area contributed by atoms with Gasteiger partial charge in [0, 0.05) is 6.42 Å². The van der Waals surface area contributed by atoms with E-state index in [2.05, 4.69) is 86.7 Å². The van der Waals surface area contributed by atoms with Gasteiger partial charge in [0.2, 0.25) is 0 Å². The first-order valence-corrected chi connectivity index (χ1v) is 14.7. The van der Waals surface area contributed by atoms with Gasteiger partial charge in [-0.1, -0.05) is 81.8 Å². The van der Waals surface area contributed by atoms with E-state index in [4.69, 9.17) is 4.74 Å². The van der Waals surface area contributed by atoms with E-state index >= 15 is 0 Å². The number of aromatic nitrogens is 2. The molecule has 0 saturated heterocycles. The number of aryl methyl sites for hydroxylation is 1. The third-order valence-corrected chi connectivity index (χ3v) is 8.25. The molecule has 7 nitrogen and oxygen atoms in total. The summed E-state index contributed by atoms with van der Waals surface area (Å²) in [5.74, 6) is 0.461. The van der Waals surface area contributed by atoms with Crippen LogP contribution in [-0.4, -0.2) is 28.3 Å². The SMILES string of the molecule is CCCCOC(=O)CCc1ccc(C(CC)(CC)NC(=O)c2cnn3c2NC(c2ccccc2)CC3(C)C)cc1. The smallest absolute Gasteiger partial charge is 0.306 e. The summed E-state index contributed by atoms with van der Waals surface area (Å²) in [5.41, 5.74) is 3.11. The van der Waals surface area contributed by atoms with Crippen LogP contribution < -0.4 is 10.6 Å². The molecule has 2 N–H and O–H groups in total. The highest BCUT2D eigenvalue weighted by Crippen LogP contribution is 2.40. The molecule has 214 valence electrons. The molecule has 1 aliphatic rings. The number of hydrogen-bond acceptors (Lipinski definition) is 5. The number of carbonyl (C=O) groups is 2. The van der Waals surface area contributed by atoms with Gasteiger partial charge in [-0.3, -0.25) is 9.59 Å². The van der Waals surface area contributed by atoms with Crippen LogP contribution in [0, 0.1) is 0 Å². The van der Waals surface area contributed by atoms with Crippen molar-refractivity contribution in [2.24, 2.45) is 0 Å². The summed E-state index contributed by atoms with van der Waals surface area (Å²) >= 11 is 0. The predicted molar refractivity (Wildman–Crippen MR) is 159 cm³/mol. The van der Waals surface area contributed by atoms with Gasteiger partial charge < -0.3 is 15.4 Å². The maximum Gasteiger partial charge on any atom is 0.306 e. The van der Waals surface area contributed by atoms with Crippen molar-refractivity contribution in [2.45, 2.75) is 96.7 Å². The molecule has 40 heavy (non-hydrogen) atoms. The number of fused-ring (bicyclic) bond motifs is 1. The monoisotopic (exact) mass is 544 g/mol. The lowest BCUT2D eigenvalue weighted by molar-refractivity contribution is -0.143.